The molecule has 1 aliphatic rings. The number of carboxylic acid groups (broad SMARTS) is 1. The standard InChI is InChI=1S/C13H20N4O3/c1-17-7-6-14-10(17)8-15-12(20)16-9-13(11(18)19)4-2-3-5-13/h6-7H,2-5,8-9H2,1H3,(H,18,19)(H2,15,16,20). The van der Waals surface area contributed by atoms with Crippen LogP contribution in [0, 0.1) is 5.41 Å². The van der Waals surface area contributed by atoms with E-state index in [0.29, 0.717) is 19.4 Å². The molecular formula is C13H20N4O3. The number of carbonyl (C=O) groups excluding carboxylic acids is 1. The van der Waals surface area contributed by atoms with Crippen molar-refractivity contribution < 1.29 is 14.7 Å². The van der Waals surface area contributed by atoms with Gasteiger partial charge in [0.05, 0.1) is 12.0 Å². The van der Waals surface area contributed by atoms with Gasteiger partial charge in [0.1, 0.15) is 5.82 Å². The number of imidazole rings is 1. The van der Waals surface area contributed by atoms with Crippen molar-refractivity contribution in [2.75, 3.05) is 6.54 Å². The van der Waals surface area contributed by atoms with Crippen LogP contribution in [0.3, 0.4) is 0 Å². The van der Waals surface area contributed by atoms with Crippen LogP contribution in [0.15, 0.2) is 12.4 Å². The van der Waals surface area contributed by atoms with E-state index in [1.807, 2.05) is 11.6 Å². The molecule has 1 fully saturated rings. The third kappa shape index (κ3) is 3.09. The van der Waals surface area contributed by atoms with Crippen LogP contribution < -0.4 is 10.6 Å². The van der Waals surface area contributed by atoms with Crippen LogP contribution in [0.25, 0.3) is 0 Å². The van der Waals surface area contributed by atoms with Crippen molar-refractivity contribution in [3.8, 4) is 0 Å². The molecule has 1 aromatic rings. The number of rotatable bonds is 5. The van der Waals surface area contributed by atoms with Crippen molar-refractivity contribution in [1.82, 2.24) is 20.2 Å². The Labute approximate surface area is 117 Å². The molecule has 20 heavy (non-hydrogen) atoms. The second kappa shape index (κ2) is 5.94. The van der Waals surface area contributed by atoms with Gasteiger partial charge in [0.15, 0.2) is 0 Å². The largest absolute Gasteiger partial charge is 0.481 e. The normalized spacial score (nSPS) is 16.9. The number of aromatic nitrogens is 2. The quantitative estimate of drug-likeness (QED) is 0.745. The Morgan fingerprint density at radius 3 is 2.65 bits per heavy atom. The van der Waals surface area contributed by atoms with E-state index in [4.69, 9.17) is 0 Å². The average molecular weight is 280 g/mol. The SMILES string of the molecule is Cn1ccnc1CNC(=O)NCC1(C(=O)O)CCCC1. The Bertz CT molecular complexity index is 492. The van der Waals surface area contributed by atoms with Crippen molar-refractivity contribution in [2.24, 2.45) is 12.5 Å². The predicted octanol–water partition coefficient (Wildman–Crippen LogP) is 0.864. The molecule has 0 aromatic carbocycles. The first kappa shape index (κ1) is 14.4. The van der Waals surface area contributed by atoms with E-state index < -0.39 is 11.4 Å². The van der Waals surface area contributed by atoms with Crippen molar-refractivity contribution in [3.05, 3.63) is 18.2 Å². The summed E-state index contributed by atoms with van der Waals surface area (Å²) in [6.45, 7) is 0.490. The molecule has 0 aliphatic heterocycles. The third-order valence-corrected chi connectivity index (χ3v) is 3.93. The van der Waals surface area contributed by atoms with E-state index in [1.165, 1.54) is 0 Å². The lowest BCUT2D eigenvalue weighted by atomic mass is 9.86. The molecule has 1 heterocycles. The highest BCUT2D eigenvalue weighted by Crippen LogP contribution is 2.37. The van der Waals surface area contributed by atoms with Gasteiger partial charge in [-0.1, -0.05) is 12.8 Å². The highest BCUT2D eigenvalue weighted by atomic mass is 16.4. The minimum Gasteiger partial charge on any atom is -0.481 e. The molecule has 0 saturated heterocycles. The Morgan fingerprint density at radius 1 is 1.40 bits per heavy atom. The van der Waals surface area contributed by atoms with Crippen LogP contribution >= 0.6 is 0 Å². The van der Waals surface area contributed by atoms with Crippen molar-refractivity contribution in [1.29, 1.82) is 0 Å². The summed E-state index contributed by atoms with van der Waals surface area (Å²) in [6.07, 6.45) is 6.52. The van der Waals surface area contributed by atoms with Crippen molar-refractivity contribution in [3.63, 3.8) is 0 Å². The van der Waals surface area contributed by atoms with E-state index in [0.717, 1.165) is 18.7 Å². The van der Waals surface area contributed by atoms with Gasteiger partial charge < -0.3 is 20.3 Å². The number of carbonyl (C=O) groups is 2. The molecule has 0 radical (unpaired) electrons. The van der Waals surface area contributed by atoms with Gasteiger partial charge in [-0.2, -0.15) is 0 Å². The minimum absolute atomic E-state index is 0.175. The summed E-state index contributed by atoms with van der Waals surface area (Å²) in [4.78, 5) is 27.2. The molecule has 110 valence electrons. The number of hydrogen-bond donors (Lipinski definition) is 3. The molecule has 7 heteroatoms. The molecule has 3 N–H and O–H groups in total. The number of amides is 2. The molecule has 2 amide bonds. The maximum Gasteiger partial charge on any atom is 0.315 e. The zero-order chi connectivity index (χ0) is 14.6. The van der Waals surface area contributed by atoms with Gasteiger partial charge in [-0.3, -0.25) is 4.79 Å². The first-order valence-electron chi connectivity index (χ1n) is 6.75. The fourth-order valence-corrected chi connectivity index (χ4v) is 2.56. The van der Waals surface area contributed by atoms with Gasteiger partial charge in [0.2, 0.25) is 0 Å². The maximum absolute atomic E-state index is 11.7. The molecule has 2 rings (SSSR count). The number of aliphatic carboxylic acids is 1. The van der Waals surface area contributed by atoms with Crippen LogP contribution in [-0.2, 0) is 18.4 Å². The summed E-state index contributed by atoms with van der Waals surface area (Å²) in [7, 11) is 1.85. The molecule has 1 saturated carbocycles. The third-order valence-electron chi connectivity index (χ3n) is 3.93. The fraction of sp³-hybridized carbons (Fsp3) is 0.615. The molecule has 0 bridgehead atoms. The van der Waals surface area contributed by atoms with Gasteiger partial charge in [0, 0.05) is 26.0 Å². The zero-order valence-electron chi connectivity index (χ0n) is 11.6. The number of carboxylic acids is 1. The van der Waals surface area contributed by atoms with Gasteiger partial charge in [-0.05, 0) is 12.8 Å². The first-order valence-corrected chi connectivity index (χ1v) is 6.75. The Kier molecular flexibility index (Phi) is 4.26. The number of urea groups is 1. The van der Waals surface area contributed by atoms with E-state index in [-0.39, 0.29) is 12.6 Å². The van der Waals surface area contributed by atoms with Crippen LogP contribution in [0.5, 0.6) is 0 Å². The number of hydrogen-bond acceptors (Lipinski definition) is 3. The Hall–Kier alpha value is -2.05. The summed E-state index contributed by atoms with van der Waals surface area (Å²) in [5, 5.41) is 14.6. The molecule has 0 atom stereocenters. The summed E-state index contributed by atoms with van der Waals surface area (Å²) >= 11 is 0. The zero-order valence-corrected chi connectivity index (χ0v) is 11.6. The van der Waals surface area contributed by atoms with E-state index in [1.54, 1.807) is 12.4 Å². The second-order valence-corrected chi connectivity index (χ2v) is 5.28. The molecule has 7 nitrogen and oxygen atoms in total. The lowest BCUT2D eigenvalue weighted by Crippen LogP contribution is -2.45. The molecule has 0 spiro atoms. The number of nitrogens with zero attached hydrogens (tertiary/aromatic N) is 2. The highest BCUT2D eigenvalue weighted by molar-refractivity contribution is 5.78. The summed E-state index contributed by atoms with van der Waals surface area (Å²) in [5.74, 6) is -0.0756. The van der Waals surface area contributed by atoms with E-state index in [2.05, 4.69) is 15.6 Å². The summed E-state index contributed by atoms with van der Waals surface area (Å²) < 4.78 is 1.82. The summed E-state index contributed by atoms with van der Waals surface area (Å²) in [5.41, 5.74) is -0.791. The molecule has 0 unspecified atom stereocenters. The van der Waals surface area contributed by atoms with Crippen LogP contribution in [0.1, 0.15) is 31.5 Å². The smallest absolute Gasteiger partial charge is 0.315 e. The van der Waals surface area contributed by atoms with Gasteiger partial charge in [-0.25, -0.2) is 9.78 Å². The Balaban J connectivity index is 1.80. The topological polar surface area (TPSA) is 96.3 Å². The molecule has 1 aliphatic carbocycles. The number of aryl methyl sites for hydroxylation is 1. The molecule has 1 aromatic heterocycles. The first-order chi connectivity index (χ1) is 9.53. The maximum atomic E-state index is 11.7. The van der Waals surface area contributed by atoms with Crippen molar-refractivity contribution in [2.45, 2.75) is 32.2 Å². The predicted molar refractivity (Wildman–Crippen MR) is 72.0 cm³/mol. The fourth-order valence-electron chi connectivity index (χ4n) is 2.56. The van der Waals surface area contributed by atoms with E-state index >= 15 is 0 Å². The van der Waals surface area contributed by atoms with Crippen LogP contribution in [0.4, 0.5) is 4.79 Å². The van der Waals surface area contributed by atoms with Crippen molar-refractivity contribution >= 4 is 12.0 Å². The minimum atomic E-state index is -0.820. The van der Waals surface area contributed by atoms with Gasteiger partial charge in [-0.15, -0.1) is 0 Å². The van der Waals surface area contributed by atoms with Crippen LogP contribution in [0.2, 0.25) is 0 Å². The lowest BCUT2D eigenvalue weighted by Gasteiger charge is -2.23. The summed E-state index contributed by atoms with van der Waals surface area (Å²) in [6, 6.07) is -0.361. The molecular weight excluding hydrogens is 260 g/mol. The second-order valence-electron chi connectivity index (χ2n) is 5.28. The highest BCUT2D eigenvalue weighted by Gasteiger charge is 2.41. The van der Waals surface area contributed by atoms with Gasteiger partial charge in [0.25, 0.3) is 0 Å². The van der Waals surface area contributed by atoms with Crippen LogP contribution in [-0.4, -0.2) is 33.2 Å². The monoisotopic (exact) mass is 280 g/mol. The average Bonchev–Trinajstić information content (AvgIpc) is 3.04. The lowest BCUT2D eigenvalue weighted by molar-refractivity contribution is -0.148. The van der Waals surface area contributed by atoms with E-state index in [9.17, 15) is 14.7 Å². The number of nitrogens with one attached hydrogen (secondary N) is 2. The van der Waals surface area contributed by atoms with Gasteiger partial charge >= 0.3 is 12.0 Å². The Morgan fingerprint density at radius 2 is 2.10 bits per heavy atom.